The lowest BCUT2D eigenvalue weighted by Crippen LogP contribution is -2.33. The summed E-state index contributed by atoms with van der Waals surface area (Å²) in [6.07, 6.45) is 0.789. The lowest BCUT2D eigenvalue weighted by Gasteiger charge is -2.19. The molecular weight excluding hydrogens is 256 g/mol. The van der Waals surface area contributed by atoms with Gasteiger partial charge in [0.25, 0.3) is 5.91 Å². The van der Waals surface area contributed by atoms with E-state index in [0.29, 0.717) is 25.2 Å². The van der Waals surface area contributed by atoms with Crippen molar-refractivity contribution in [3.05, 3.63) is 35.4 Å². The summed E-state index contributed by atoms with van der Waals surface area (Å²) in [5.74, 6) is -0.0686. The molecule has 0 saturated heterocycles. The van der Waals surface area contributed by atoms with Crippen LogP contribution in [0, 0.1) is 6.92 Å². The fourth-order valence-corrected chi connectivity index (χ4v) is 1.93. The molecule has 0 fully saturated rings. The van der Waals surface area contributed by atoms with E-state index in [2.05, 4.69) is 5.32 Å². The maximum Gasteiger partial charge on any atom is 0.251 e. The standard InChI is InChI=1S/C15H24N2O3/c1-13-3-5-14(6-4-13)15(20)16-7-2-8-17(9-11-18)10-12-19/h3-6,18-19H,2,7-12H2,1H3,(H,16,20). The molecular formula is C15H24N2O3. The molecule has 1 aromatic carbocycles. The Morgan fingerprint density at radius 2 is 1.70 bits per heavy atom. The summed E-state index contributed by atoms with van der Waals surface area (Å²) in [6.45, 7) is 4.57. The Morgan fingerprint density at radius 3 is 2.25 bits per heavy atom. The van der Waals surface area contributed by atoms with Crippen LogP contribution >= 0.6 is 0 Å². The zero-order valence-corrected chi connectivity index (χ0v) is 12.0. The summed E-state index contributed by atoms with van der Waals surface area (Å²) in [4.78, 5) is 13.8. The largest absolute Gasteiger partial charge is 0.395 e. The van der Waals surface area contributed by atoms with E-state index in [1.54, 1.807) is 0 Å². The van der Waals surface area contributed by atoms with E-state index in [-0.39, 0.29) is 19.1 Å². The number of aliphatic hydroxyl groups excluding tert-OH is 2. The Bertz CT molecular complexity index is 387. The van der Waals surface area contributed by atoms with Gasteiger partial charge in [-0.3, -0.25) is 9.69 Å². The highest BCUT2D eigenvalue weighted by Crippen LogP contribution is 2.02. The van der Waals surface area contributed by atoms with Gasteiger partial charge in [-0.15, -0.1) is 0 Å². The Morgan fingerprint density at radius 1 is 1.10 bits per heavy atom. The van der Waals surface area contributed by atoms with Crippen molar-refractivity contribution in [3.63, 3.8) is 0 Å². The molecule has 112 valence electrons. The van der Waals surface area contributed by atoms with Crippen LogP contribution < -0.4 is 5.32 Å². The van der Waals surface area contributed by atoms with Gasteiger partial charge in [0.15, 0.2) is 0 Å². The minimum atomic E-state index is -0.0686. The quantitative estimate of drug-likeness (QED) is 0.573. The third-order valence-electron chi connectivity index (χ3n) is 3.08. The molecule has 0 aromatic heterocycles. The predicted octanol–water partition coefficient (Wildman–Crippen LogP) is 0.402. The van der Waals surface area contributed by atoms with Crippen molar-refractivity contribution in [1.29, 1.82) is 0 Å². The Kier molecular flexibility index (Phi) is 7.87. The average Bonchev–Trinajstić information content (AvgIpc) is 2.44. The van der Waals surface area contributed by atoms with Crippen LogP contribution in [0.2, 0.25) is 0 Å². The predicted molar refractivity (Wildman–Crippen MR) is 78.7 cm³/mol. The molecule has 0 heterocycles. The number of aryl methyl sites for hydroxylation is 1. The number of carbonyl (C=O) groups is 1. The van der Waals surface area contributed by atoms with Crippen molar-refractivity contribution < 1.29 is 15.0 Å². The summed E-state index contributed by atoms with van der Waals surface area (Å²) in [6, 6.07) is 7.46. The second-order valence-corrected chi connectivity index (χ2v) is 4.76. The number of rotatable bonds is 9. The molecule has 3 N–H and O–H groups in total. The molecule has 1 aromatic rings. The van der Waals surface area contributed by atoms with E-state index in [1.807, 2.05) is 36.1 Å². The topological polar surface area (TPSA) is 72.8 Å². The van der Waals surface area contributed by atoms with Gasteiger partial charge in [0.2, 0.25) is 0 Å². The zero-order valence-electron chi connectivity index (χ0n) is 12.0. The van der Waals surface area contributed by atoms with Crippen molar-refractivity contribution in [1.82, 2.24) is 10.2 Å². The van der Waals surface area contributed by atoms with E-state index < -0.39 is 0 Å². The molecule has 5 heteroatoms. The molecule has 5 nitrogen and oxygen atoms in total. The SMILES string of the molecule is Cc1ccc(C(=O)NCCCN(CCO)CCO)cc1. The number of hydrogen-bond donors (Lipinski definition) is 3. The van der Waals surface area contributed by atoms with Crippen LogP contribution in [0.15, 0.2) is 24.3 Å². The van der Waals surface area contributed by atoms with Gasteiger partial charge < -0.3 is 15.5 Å². The van der Waals surface area contributed by atoms with E-state index in [9.17, 15) is 4.79 Å². The minimum Gasteiger partial charge on any atom is -0.395 e. The van der Waals surface area contributed by atoms with Gasteiger partial charge in [0.05, 0.1) is 13.2 Å². The van der Waals surface area contributed by atoms with Crippen molar-refractivity contribution >= 4 is 5.91 Å². The monoisotopic (exact) mass is 280 g/mol. The van der Waals surface area contributed by atoms with Crippen molar-refractivity contribution in [3.8, 4) is 0 Å². The fourth-order valence-electron chi connectivity index (χ4n) is 1.93. The first-order valence-corrected chi connectivity index (χ1v) is 6.96. The molecule has 0 atom stereocenters. The number of nitrogens with zero attached hydrogens (tertiary/aromatic N) is 1. The summed E-state index contributed by atoms with van der Waals surface area (Å²) < 4.78 is 0. The first kappa shape index (κ1) is 16.6. The number of hydrogen-bond acceptors (Lipinski definition) is 4. The molecule has 0 saturated carbocycles. The Hall–Kier alpha value is -1.43. The number of carbonyl (C=O) groups excluding carboxylic acids is 1. The average molecular weight is 280 g/mol. The van der Waals surface area contributed by atoms with Crippen LogP contribution in [-0.2, 0) is 0 Å². The normalized spacial score (nSPS) is 10.8. The van der Waals surface area contributed by atoms with Gasteiger partial charge in [-0.05, 0) is 32.0 Å². The number of amides is 1. The Balaban J connectivity index is 2.26. The van der Waals surface area contributed by atoms with Gasteiger partial charge in [-0.1, -0.05) is 17.7 Å². The first-order valence-electron chi connectivity index (χ1n) is 6.96. The van der Waals surface area contributed by atoms with Gasteiger partial charge >= 0.3 is 0 Å². The molecule has 20 heavy (non-hydrogen) atoms. The highest BCUT2D eigenvalue weighted by Gasteiger charge is 2.06. The van der Waals surface area contributed by atoms with Gasteiger partial charge in [0, 0.05) is 25.2 Å². The zero-order chi connectivity index (χ0) is 14.8. The van der Waals surface area contributed by atoms with Crippen LogP contribution in [-0.4, -0.2) is 60.4 Å². The third kappa shape index (κ3) is 6.14. The lowest BCUT2D eigenvalue weighted by atomic mass is 10.1. The number of benzene rings is 1. The highest BCUT2D eigenvalue weighted by molar-refractivity contribution is 5.94. The molecule has 0 aliphatic heterocycles. The number of nitrogens with one attached hydrogen (secondary N) is 1. The summed E-state index contributed by atoms with van der Waals surface area (Å²) >= 11 is 0. The van der Waals surface area contributed by atoms with Crippen LogP contribution in [0.5, 0.6) is 0 Å². The molecule has 0 bridgehead atoms. The summed E-state index contributed by atoms with van der Waals surface area (Å²) in [7, 11) is 0. The van der Waals surface area contributed by atoms with Crippen LogP contribution in [0.1, 0.15) is 22.3 Å². The first-order chi connectivity index (χ1) is 9.67. The van der Waals surface area contributed by atoms with Gasteiger partial charge in [-0.2, -0.15) is 0 Å². The maximum absolute atomic E-state index is 11.8. The second kappa shape index (κ2) is 9.47. The van der Waals surface area contributed by atoms with Crippen LogP contribution in [0.3, 0.4) is 0 Å². The van der Waals surface area contributed by atoms with Gasteiger partial charge in [0.1, 0.15) is 0 Å². The summed E-state index contributed by atoms with van der Waals surface area (Å²) in [5, 5.41) is 20.6. The third-order valence-corrected chi connectivity index (χ3v) is 3.08. The van der Waals surface area contributed by atoms with Crippen molar-refractivity contribution in [2.45, 2.75) is 13.3 Å². The van der Waals surface area contributed by atoms with E-state index in [4.69, 9.17) is 10.2 Å². The van der Waals surface area contributed by atoms with E-state index in [1.165, 1.54) is 0 Å². The molecule has 1 amide bonds. The minimum absolute atomic E-state index is 0.0686. The van der Waals surface area contributed by atoms with Crippen LogP contribution in [0.25, 0.3) is 0 Å². The van der Waals surface area contributed by atoms with E-state index >= 15 is 0 Å². The second-order valence-electron chi connectivity index (χ2n) is 4.76. The molecule has 0 spiro atoms. The molecule has 0 unspecified atom stereocenters. The smallest absolute Gasteiger partial charge is 0.251 e. The molecule has 0 radical (unpaired) electrons. The molecule has 0 aliphatic carbocycles. The summed E-state index contributed by atoms with van der Waals surface area (Å²) in [5.41, 5.74) is 1.79. The van der Waals surface area contributed by atoms with E-state index in [0.717, 1.165) is 18.5 Å². The molecule has 1 rings (SSSR count). The highest BCUT2D eigenvalue weighted by atomic mass is 16.3. The molecule has 0 aliphatic rings. The lowest BCUT2D eigenvalue weighted by molar-refractivity contribution is 0.0949. The van der Waals surface area contributed by atoms with Crippen molar-refractivity contribution in [2.24, 2.45) is 0 Å². The van der Waals surface area contributed by atoms with Crippen LogP contribution in [0.4, 0.5) is 0 Å². The Labute approximate surface area is 120 Å². The fraction of sp³-hybridized carbons (Fsp3) is 0.533. The van der Waals surface area contributed by atoms with Crippen molar-refractivity contribution in [2.75, 3.05) is 39.4 Å². The van der Waals surface area contributed by atoms with Gasteiger partial charge in [-0.25, -0.2) is 0 Å². The number of aliphatic hydroxyl groups is 2. The maximum atomic E-state index is 11.8.